The van der Waals surface area contributed by atoms with Gasteiger partial charge in [0.2, 0.25) is 5.89 Å². The van der Waals surface area contributed by atoms with Crippen LogP contribution in [0.1, 0.15) is 37.1 Å². The van der Waals surface area contributed by atoms with Gasteiger partial charge in [0.05, 0.1) is 0 Å². The lowest BCUT2D eigenvalue weighted by Gasteiger charge is -2.28. The Hall–Kier alpha value is -3.94. The zero-order valence-electron chi connectivity index (χ0n) is 22.2. The first-order chi connectivity index (χ1) is 19.4. The maximum atomic E-state index is 6.76. The third kappa shape index (κ3) is 5.20. The van der Waals surface area contributed by atoms with Gasteiger partial charge in [-0.05, 0) is 60.9 Å². The van der Waals surface area contributed by atoms with Gasteiger partial charge in [0, 0.05) is 19.2 Å². The number of oxazole rings is 1. The Morgan fingerprint density at radius 1 is 0.564 bits per heavy atom. The second-order valence-corrected chi connectivity index (χ2v) is 13.3. The summed E-state index contributed by atoms with van der Waals surface area (Å²) in [6, 6.07) is 43.2. The molecule has 1 saturated heterocycles. The summed E-state index contributed by atoms with van der Waals surface area (Å²) in [7, 11) is -2.38. The van der Waals surface area contributed by atoms with Crippen LogP contribution in [0.25, 0.3) is 12.2 Å². The Bertz CT molecular complexity index is 1390. The fraction of sp³-hybridized carbons (Fsp3) is 0.171. The van der Waals surface area contributed by atoms with Crippen molar-refractivity contribution in [3.05, 3.63) is 133 Å². The van der Waals surface area contributed by atoms with E-state index in [9.17, 15) is 0 Å². The van der Waals surface area contributed by atoms with Crippen molar-refractivity contribution in [1.82, 2.24) is 4.98 Å². The molecule has 1 aliphatic heterocycles. The molecule has 1 aliphatic rings. The van der Waals surface area contributed by atoms with Gasteiger partial charge >= 0.3 is 0 Å². The topological polar surface area (TPSA) is 29.3 Å². The SMILES string of the molecule is C(=Cc1nc([P+](c2ccccc2)(c2ccccc2)c2ccccc2)c(N2CCCCCC2)o1)c1ccccc1. The fourth-order valence-electron chi connectivity index (χ4n) is 5.59. The molecule has 1 aromatic heterocycles. The molecule has 3 nitrogen and oxygen atoms in total. The molecule has 4 aromatic carbocycles. The van der Waals surface area contributed by atoms with Crippen LogP contribution < -0.4 is 26.2 Å². The van der Waals surface area contributed by atoms with E-state index < -0.39 is 7.26 Å². The number of rotatable bonds is 7. The van der Waals surface area contributed by atoms with E-state index in [1.54, 1.807) is 0 Å². The minimum atomic E-state index is -2.38. The predicted molar refractivity (Wildman–Crippen MR) is 167 cm³/mol. The van der Waals surface area contributed by atoms with Gasteiger partial charge in [-0.3, -0.25) is 0 Å². The van der Waals surface area contributed by atoms with Gasteiger partial charge in [0.1, 0.15) is 15.9 Å². The van der Waals surface area contributed by atoms with Crippen molar-refractivity contribution in [2.45, 2.75) is 25.7 Å². The van der Waals surface area contributed by atoms with E-state index in [1.165, 1.54) is 41.6 Å². The number of anilines is 1. The first-order valence-electron chi connectivity index (χ1n) is 13.9. The van der Waals surface area contributed by atoms with Crippen LogP contribution in [0, 0.1) is 0 Å². The number of aromatic nitrogens is 1. The third-order valence-electron chi connectivity index (χ3n) is 7.47. The number of benzene rings is 4. The second-order valence-electron chi connectivity index (χ2n) is 10.0. The zero-order chi connectivity index (χ0) is 26.3. The Morgan fingerprint density at radius 3 is 1.51 bits per heavy atom. The van der Waals surface area contributed by atoms with E-state index in [1.807, 2.05) is 12.1 Å². The van der Waals surface area contributed by atoms with Crippen LogP contribution in [0.15, 0.2) is 126 Å². The average molecular weight is 530 g/mol. The second kappa shape index (κ2) is 11.8. The maximum Gasteiger partial charge on any atom is 0.262 e. The molecule has 6 rings (SSSR count). The van der Waals surface area contributed by atoms with Gasteiger partial charge in [-0.15, -0.1) is 0 Å². The van der Waals surface area contributed by atoms with Crippen molar-refractivity contribution in [3.63, 3.8) is 0 Å². The van der Waals surface area contributed by atoms with Crippen molar-refractivity contribution in [2.24, 2.45) is 0 Å². The van der Waals surface area contributed by atoms with Crippen LogP contribution in [0.5, 0.6) is 0 Å². The van der Waals surface area contributed by atoms with Crippen LogP contribution in [0.4, 0.5) is 5.88 Å². The van der Waals surface area contributed by atoms with Crippen LogP contribution >= 0.6 is 7.26 Å². The van der Waals surface area contributed by atoms with Crippen molar-refractivity contribution in [3.8, 4) is 0 Å². The van der Waals surface area contributed by atoms with Crippen molar-refractivity contribution in [1.29, 1.82) is 0 Å². The number of hydrogen-bond acceptors (Lipinski definition) is 3. The standard InChI is InChI=1S/C35H34N2OP/c1-2-16-28-37(27-15-1)35-34(36-33(38-35)26-25-29-17-7-3-8-18-29)39(30-19-9-4-10-20-30,31-21-11-5-12-22-31)32-23-13-6-14-24-32/h3-14,17-26H,1-2,15-16,27-28H2/q+1. The summed E-state index contributed by atoms with van der Waals surface area (Å²) in [6.45, 7) is 1.98. The Labute approximate surface area is 232 Å². The van der Waals surface area contributed by atoms with Gasteiger partial charge in [-0.25, -0.2) is 0 Å². The van der Waals surface area contributed by atoms with E-state index in [4.69, 9.17) is 9.40 Å². The minimum Gasteiger partial charge on any atom is -0.417 e. The number of nitrogens with zero attached hydrogens (tertiary/aromatic N) is 2. The smallest absolute Gasteiger partial charge is 0.262 e. The summed E-state index contributed by atoms with van der Waals surface area (Å²) < 4.78 is 6.76. The first kappa shape index (κ1) is 25.3. The van der Waals surface area contributed by atoms with Crippen LogP contribution in [-0.4, -0.2) is 18.1 Å². The van der Waals surface area contributed by atoms with Crippen molar-refractivity contribution < 1.29 is 4.42 Å². The molecule has 0 spiro atoms. The minimum absolute atomic E-state index is 0.653. The molecule has 0 radical (unpaired) electrons. The molecule has 4 heteroatoms. The van der Waals surface area contributed by atoms with E-state index in [-0.39, 0.29) is 0 Å². The highest BCUT2D eigenvalue weighted by atomic mass is 31.2. The lowest BCUT2D eigenvalue weighted by molar-refractivity contribution is 0.529. The molecule has 0 aliphatic carbocycles. The largest absolute Gasteiger partial charge is 0.417 e. The van der Waals surface area contributed by atoms with Crippen molar-refractivity contribution in [2.75, 3.05) is 18.0 Å². The Balaban J connectivity index is 1.63. The van der Waals surface area contributed by atoms with Gasteiger partial charge in [0.25, 0.3) is 11.3 Å². The van der Waals surface area contributed by atoms with E-state index >= 15 is 0 Å². The third-order valence-corrected chi connectivity index (χ3v) is 11.6. The molecule has 0 bridgehead atoms. The highest BCUT2D eigenvalue weighted by Gasteiger charge is 2.53. The fourth-order valence-corrected chi connectivity index (χ4v) is 9.80. The summed E-state index contributed by atoms with van der Waals surface area (Å²) in [5.41, 5.74) is 2.18. The molecular weight excluding hydrogens is 495 g/mol. The van der Waals surface area contributed by atoms with E-state index in [0.29, 0.717) is 5.89 Å². The molecule has 0 amide bonds. The zero-order valence-corrected chi connectivity index (χ0v) is 23.1. The van der Waals surface area contributed by atoms with Crippen molar-refractivity contribution >= 4 is 46.6 Å². The molecule has 0 saturated carbocycles. The Kier molecular flexibility index (Phi) is 7.70. The van der Waals surface area contributed by atoms with Gasteiger partial charge in [-0.2, -0.15) is 4.98 Å². The quantitative estimate of drug-likeness (QED) is 0.216. The van der Waals surface area contributed by atoms with Crippen LogP contribution in [0.3, 0.4) is 0 Å². The van der Waals surface area contributed by atoms with Gasteiger partial charge < -0.3 is 9.32 Å². The van der Waals surface area contributed by atoms with Gasteiger partial charge in [-0.1, -0.05) is 97.8 Å². The summed E-state index contributed by atoms with van der Waals surface area (Å²) in [5.74, 6) is 1.58. The molecule has 1 fully saturated rings. The lowest BCUT2D eigenvalue weighted by atomic mass is 10.2. The van der Waals surface area contributed by atoms with Crippen LogP contribution in [-0.2, 0) is 0 Å². The highest BCUT2D eigenvalue weighted by Crippen LogP contribution is 2.56. The molecule has 0 atom stereocenters. The van der Waals surface area contributed by atoms with E-state index in [2.05, 4.69) is 126 Å². The predicted octanol–water partition coefficient (Wildman–Crippen LogP) is 6.84. The molecule has 5 aromatic rings. The van der Waals surface area contributed by atoms with Gasteiger partial charge in [0.15, 0.2) is 7.26 Å². The van der Waals surface area contributed by atoms with Crippen LogP contribution in [0.2, 0.25) is 0 Å². The molecule has 0 N–H and O–H groups in total. The molecule has 39 heavy (non-hydrogen) atoms. The Morgan fingerprint density at radius 2 is 1.03 bits per heavy atom. The molecular formula is C35H34N2OP+. The summed E-state index contributed by atoms with van der Waals surface area (Å²) in [6.07, 6.45) is 8.98. The molecule has 2 heterocycles. The summed E-state index contributed by atoms with van der Waals surface area (Å²) in [4.78, 5) is 7.84. The maximum absolute atomic E-state index is 6.76. The average Bonchev–Trinajstić information content (AvgIpc) is 3.24. The molecule has 194 valence electrons. The first-order valence-corrected chi connectivity index (χ1v) is 15.7. The number of hydrogen-bond donors (Lipinski definition) is 0. The molecule has 0 unspecified atom stereocenters. The normalized spacial score (nSPS) is 14.4. The summed E-state index contributed by atoms with van der Waals surface area (Å²) in [5, 5.41) is 3.85. The summed E-state index contributed by atoms with van der Waals surface area (Å²) >= 11 is 0. The van der Waals surface area contributed by atoms with E-state index in [0.717, 1.165) is 30.0 Å². The monoisotopic (exact) mass is 529 g/mol. The highest BCUT2D eigenvalue weighted by molar-refractivity contribution is 8.01. The lowest BCUT2D eigenvalue weighted by Crippen LogP contribution is -2.42.